The van der Waals surface area contributed by atoms with Crippen molar-refractivity contribution < 1.29 is 4.79 Å². The van der Waals surface area contributed by atoms with E-state index in [1.54, 1.807) is 29.1 Å². The summed E-state index contributed by atoms with van der Waals surface area (Å²) in [6.07, 6.45) is 1.68. The minimum Gasteiger partial charge on any atom is -0.296 e. The van der Waals surface area contributed by atoms with E-state index in [0.717, 1.165) is 11.1 Å². The Kier molecular flexibility index (Phi) is 3.79. The van der Waals surface area contributed by atoms with Gasteiger partial charge in [0.15, 0.2) is 5.65 Å². The van der Waals surface area contributed by atoms with E-state index in [-0.39, 0.29) is 5.91 Å². The summed E-state index contributed by atoms with van der Waals surface area (Å²) in [5.74, 6) is -0.238. The number of carbonyl (C=O) groups is 1. The Morgan fingerprint density at radius 1 is 1.38 bits per heavy atom. The third-order valence-corrected chi connectivity index (χ3v) is 4.92. The molecule has 0 aliphatic carbocycles. The van der Waals surface area contributed by atoms with E-state index in [4.69, 9.17) is 0 Å². The number of nitrogens with one attached hydrogen (secondary N) is 1. The molecule has 4 aromatic heterocycles. The minimum atomic E-state index is -0.238. The minimum absolute atomic E-state index is 0.238. The first kappa shape index (κ1) is 14.9. The highest BCUT2D eigenvalue weighted by molar-refractivity contribution is 7.13. The number of rotatable bonds is 4. The molecule has 0 atom stereocenters. The topological polar surface area (TPSA) is 85.6 Å². The molecular formula is C15H12N6OS2. The van der Waals surface area contributed by atoms with Crippen molar-refractivity contribution in [1.29, 1.82) is 0 Å². The van der Waals surface area contributed by atoms with Gasteiger partial charge in [-0.25, -0.2) is 9.67 Å². The number of carbonyl (C=O) groups excluding carboxylic acids is 1. The van der Waals surface area contributed by atoms with E-state index in [1.165, 1.54) is 16.2 Å². The van der Waals surface area contributed by atoms with Crippen LogP contribution in [-0.2, 0) is 6.54 Å². The zero-order valence-electron chi connectivity index (χ0n) is 12.6. The lowest BCUT2D eigenvalue weighted by molar-refractivity contribution is 0.102. The third-order valence-electron chi connectivity index (χ3n) is 3.45. The van der Waals surface area contributed by atoms with Crippen LogP contribution >= 0.6 is 22.7 Å². The number of pyridine rings is 1. The molecule has 0 saturated carbocycles. The van der Waals surface area contributed by atoms with Gasteiger partial charge >= 0.3 is 0 Å². The van der Waals surface area contributed by atoms with Gasteiger partial charge in [-0.3, -0.25) is 10.1 Å². The fourth-order valence-corrected chi connectivity index (χ4v) is 3.54. The van der Waals surface area contributed by atoms with Crippen molar-refractivity contribution in [3.8, 4) is 0 Å². The van der Waals surface area contributed by atoms with E-state index in [1.807, 2.05) is 23.1 Å². The van der Waals surface area contributed by atoms with Crippen molar-refractivity contribution in [2.24, 2.45) is 0 Å². The summed E-state index contributed by atoms with van der Waals surface area (Å²) in [5.41, 5.74) is 3.57. The normalized spacial score (nSPS) is 11.0. The van der Waals surface area contributed by atoms with Gasteiger partial charge < -0.3 is 0 Å². The molecule has 4 heterocycles. The molecule has 0 spiro atoms. The van der Waals surface area contributed by atoms with Crippen molar-refractivity contribution in [3.63, 3.8) is 0 Å². The van der Waals surface area contributed by atoms with Gasteiger partial charge in [-0.1, -0.05) is 17.4 Å². The highest BCUT2D eigenvalue weighted by atomic mass is 32.1. The maximum absolute atomic E-state index is 12.6. The summed E-state index contributed by atoms with van der Waals surface area (Å²) >= 11 is 2.94. The Morgan fingerprint density at radius 2 is 2.29 bits per heavy atom. The number of fused-ring (bicyclic) bond motifs is 1. The summed E-state index contributed by atoms with van der Waals surface area (Å²) in [5, 5.41) is 17.9. The molecule has 0 bridgehead atoms. The first-order valence-corrected chi connectivity index (χ1v) is 8.90. The third kappa shape index (κ3) is 2.79. The molecular weight excluding hydrogens is 344 g/mol. The molecule has 0 saturated heterocycles. The van der Waals surface area contributed by atoms with Gasteiger partial charge in [-0.15, -0.1) is 21.5 Å². The smallest absolute Gasteiger partial charge is 0.258 e. The predicted octanol–water partition coefficient (Wildman–Crippen LogP) is 2.95. The van der Waals surface area contributed by atoms with Crippen molar-refractivity contribution >= 4 is 44.7 Å². The number of aryl methyl sites for hydroxylation is 1. The molecule has 0 aliphatic rings. The van der Waals surface area contributed by atoms with Crippen LogP contribution in [0.5, 0.6) is 0 Å². The fraction of sp³-hybridized carbons (Fsp3) is 0.133. The van der Waals surface area contributed by atoms with Crippen LogP contribution in [0.25, 0.3) is 11.0 Å². The van der Waals surface area contributed by atoms with Crippen LogP contribution in [-0.4, -0.2) is 30.9 Å². The monoisotopic (exact) mass is 356 g/mol. The molecule has 9 heteroatoms. The van der Waals surface area contributed by atoms with Gasteiger partial charge in [0, 0.05) is 10.6 Å². The lowest BCUT2D eigenvalue weighted by atomic mass is 10.1. The SMILES string of the molecule is Cc1cc(C(=O)Nc2nncs2)c2cnn(Cc3cccs3)c2n1. The van der Waals surface area contributed by atoms with Crippen molar-refractivity contribution in [2.45, 2.75) is 13.5 Å². The van der Waals surface area contributed by atoms with Crippen LogP contribution in [0, 0.1) is 6.92 Å². The van der Waals surface area contributed by atoms with Crippen LogP contribution < -0.4 is 5.32 Å². The van der Waals surface area contributed by atoms with Crippen molar-refractivity contribution in [3.05, 3.63) is 51.4 Å². The van der Waals surface area contributed by atoms with Crippen molar-refractivity contribution in [1.82, 2.24) is 25.0 Å². The second kappa shape index (κ2) is 6.10. The molecule has 120 valence electrons. The summed E-state index contributed by atoms with van der Waals surface area (Å²) in [4.78, 5) is 18.3. The number of hydrogen-bond acceptors (Lipinski definition) is 7. The van der Waals surface area contributed by atoms with E-state index < -0.39 is 0 Å². The molecule has 0 unspecified atom stereocenters. The lowest BCUT2D eigenvalue weighted by Crippen LogP contribution is -2.13. The van der Waals surface area contributed by atoms with Crippen LogP contribution in [0.15, 0.2) is 35.3 Å². The Bertz CT molecular complexity index is 991. The van der Waals surface area contributed by atoms with Gasteiger partial charge in [-0.05, 0) is 24.4 Å². The molecule has 0 fully saturated rings. The Hall–Kier alpha value is -2.65. The molecule has 1 N–H and O–H groups in total. The number of thiophene rings is 1. The number of amides is 1. The molecule has 1 amide bonds. The summed E-state index contributed by atoms with van der Waals surface area (Å²) in [7, 11) is 0. The van der Waals surface area contributed by atoms with E-state index in [2.05, 4.69) is 31.7 Å². The molecule has 0 aliphatic heterocycles. The first-order chi connectivity index (χ1) is 11.7. The van der Waals surface area contributed by atoms with Crippen LogP contribution in [0.4, 0.5) is 5.13 Å². The summed E-state index contributed by atoms with van der Waals surface area (Å²) < 4.78 is 1.82. The number of hydrogen-bond donors (Lipinski definition) is 1. The van der Waals surface area contributed by atoms with Gasteiger partial charge in [-0.2, -0.15) is 5.10 Å². The van der Waals surface area contributed by atoms with E-state index in [9.17, 15) is 4.79 Å². The molecule has 0 aromatic carbocycles. The molecule has 4 aromatic rings. The molecule has 0 radical (unpaired) electrons. The fourth-order valence-electron chi connectivity index (χ4n) is 2.42. The molecule has 24 heavy (non-hydrogen) atoms. The van der Waals surface area contributed by atoms with Crippen LogP contribution in [0.3, 0.4) is 0 Å². The number of nitrogens with zero attached hydrogens (tertiary/aromatic N) is 5. The maximum Gasteiger partial charge on any atom is 0.258 e. The Balaban J connectivity index is 1.73. The summed E-state index contributed by atoms with van der Waals surface area (Å²) in [6, 6.07) is 5.82. The van der Waals surface area contributed by atoms with Crippen molar-refractivity contribution in [2.75, 3.05) is 5.32 Å². The second-order valence-electron chi connectivity index (χ2n) is 5.13. The van der Waals surface area contributed by atoms with Gasteiger partial charge in [0.1, 0.15) is 5.51 Å². The standard InChI is InChI=1S/C15H12N6OS2/c1-9-5-11(14(22)19-15-20-16-8-24-15)12-6-17-21(13(12)18-9)7-10-3-2-4-23-10/h2-6,8H,7H2,1H3,(H,19,20,22). The first-order valence-electron chi connectivity index (χ1n) is 7.14. The lowest BCUT2D eigenvalue weighted by Gasteiger charge is -2.06. The molecule has 7 nitrogen and oxygen atoms in total. The second-order valence-corrected chi connectivity index (χ2v) is 6.99. The zero-order valence-corrected chi connectivity index (χ0v) is 14.3. The van der Waals surface area contributed by atoms with Gasteiger partial charge in [0.05, 0.1) is 23.7 Å². The largest absolute Gasteiger partial charge is 0.296 e. The van der Waals surface area contributed by atoms with Crippen LogP contribution in [0.2, 0.25) is 0 Å². The average Bonchev–Trinajstić information content (AvgIpc) is 3.30. The summed E-state index contributed by atoms with van der Waals surface area (Å²) in [6.45, 7) is 2.50. The van der Waals surface area contributed by atoms with E-state index >= 15 is 0 Å². The van der Waals surface area contributed by atoms with E-state index in [0.29, 0.717) is 22.9 Å². The number of aromatic nitrogens is 5. The Morgan fingerprint density at radius 3 is 3.04 bits per heavy atom. The predicted molar refractivity (Wildman–Crippen MR) is 93.5 cm³/mol. The Labute approximate surface area is 145 Å². The van der Waals surface area contributed by atoms with Crippen LogP contribution in [0.1, 0.15) is 20.9 Å². The highest BCUT2D eigenvalue weighted by Gasteiger charge is 2.17. The van der Waals surface area contributed by atoms with Gasteiger partial charge in [0.25, 0.3) is 5.91 Å². The quantitative estimate of drug-likeness (QED) is 0.607. The maximum atomic E-state index is 12.6. The average molecular weight is 356 g/mol. The number of anilines is 1. The highest BCUT2D eigenvalue weighted by Crippen LogP contribution is 2.21. The zero-order chi connectivity index (χ0) is 16.5. The van der Waals surface area contributed by atoms with Gasteiger partial charge in [0.2, 0.25) is 5.13 Å². The molecule has 4 rings (SSSR count).